The summed E-state index contributed by atoms with van der Waals surface area (Å²) in [5.41, 5.74) is 10.7. The Labute approximate surface area is 266 Å². The van der Waals surface area contributed by atoms with Crippen LogP contribution in [0.25, 0.3) is 82.1 Å². The molecule has 0 bridgehead atoms. The van der Waals surface area contributed by atoms with E-state index in [2.05, 4.69) is 164 Å². The standard InChI is InChI=1S/C45H28O/c1-2-10-31-24-35(23-30(31)9-1)28-17-19-29(20-18-28)44-36-13-5-7-15-38(36)45(39-16-8-6-14-37(39)44)34-21-22-42-40(26-34)41-25-32-11-3-4-12-33(32)27-43(41)46-42/h1-27,30H. The topological polar surface area (TPSA) is 13.1 Å². The fraction of sp³-hybridized carbons (Fsp3) is 0.0222. The van der Waals surface area contributed by atoms with Gasteiger partial charge < -0.3 is 4.42 Å². The Bertz CT molecular complexity index is 2620. The van der Waals surface area contributed by atoms with Crippen molar-refractivity contribution in [1.29, 1.82) is 0 Å². The van der Waals surface area contributed by atoms with Crippen molar-refractivity contribution in [2.75, 3.05) is 0 Å². The molecule has 2 aliphatic carbocycles. The largest absolute Gasteiger partial charge is 0.456 e. The molecule has 1 aromatic heterocycles. The van der Waals surface area contributed by atoms with Crippen molar-refractivity contribution in [3.8, 4) is 22.3 Å². The molecule has 214 valence electrons. The second kappa shape index (κ2) is 9.79. The minimum absolute atomic E-state index is 0.388. The second-order valence-electron chi connectivity index (χ2n) is 12.5. The van der Waals surface area contributed by atoms with Crippen LogP contribution in [0.15, 0.2) is 174 Å². The molecule has 8 aromatic rings. The highest BCUT2D eigenvalue weighted by molar-refractivity contribution is 6.22. The fourth-order valence-corrected chi connectivity index (χ4v) is 7.67. The molecule has 0 amide bonds. The van der Waals surface area contributed by atoms with Gasteiger partial charge in [-0.1, -0.05) is 140 Å². The number of benzene rings is 7. The minimum Gasteiger partial charge on any atom is -0.456 e. The Hall–Kier alpha value is -5.92. The van der Waals surface area contributed by atoms with Gasteiger partial charge in [0.1, 0.15) is 11.2 Å². The van der Waals surface area contributed by atoms with Crippen LogP contribution in [0, 0.1) is 5.92 Å². The van der Waals surface area contributed by atoms with Gasteiger partial charge in [-0.2, -0.15) is 0 Å². The number of hydrogen-bond acceptors (Lipinski definition) is 1. The maximum Gasteiger partial charge on any atom is 0.136 e. The number of hydrogen-bond donors (Lipinski definition) is 0. The zero-order valence-corrected chi connectivity index (χ0v) is 25.1. The van der Waals surface area contributed by atoms with E-state index in [0.717, 1.165) is 21.9 Å². The van der Waals surface area contributed by atoms with Gasteiger partial charge in [-0.15, -0.1) is 0 Å². The Kier molecular flexibility index (Phi) is 5.41. The zero-order chi connectivity index (χ0) is 30.2. The quantitative estimate of drug-likeness (QED) is 0.188. The molecule has 0 aliphatic heterocycles. The van der Waals surface area contributed by atoms with E-state index < -0.39 is 0 Å². The fourth-order valence-electron chi connectivity index (χ4n) is 7.67. The smallest absolute Gasteiger partial charge is 0.136 e. The maximum absolute atomic E-state index is 6.36. The maximum atomic E-state index is 6.36. The highest BCUT2D eigenvalue weighted by Crippen LogP contribution is 2.45. The van der Waals surface area contributed by atoms with Gasteiger partial charge in [-0.05, 0) is 95.5 Å². The van der Waals surface area contributed by atoms with Crippen LogP contribution in [0.3, 0.4) is 0 Å². The molecule has 1 heterocycles. The lowest BCUT2D eigenvalue weighted by Gasteiger charge is -2.18. The number of rotatable bonds is 3. The highest BCUT2D eigenvalue weighted by atomic mass is 16.3. The monoisotopic (exact) mass is 584 g/mol. The lowest BCUT2D eigenvalue weighted by Crippen LogP contribution is -1.92. The Morgan fingerprint density at radius 2 is 1.04 bits per heavy atom. The van der Waals surface area contributed by atoms with Crippen LogP contribution >= 0.6 is 0 Å². The third kappa shape index (κ3) is 3.82. The van der Waals surface area contributed by atoms with Crippen molar-refractivity contribution in [2.24, 2.45) is 5.92 Å². The van der Waals surface area contributed by atoms with E-state index in [0.29, 0.717) is 5.92 Å². The summed E-state index contributed by atoms with van der Waals surface area (Å²) in [6.45, 7) is 0. The molecule has 1 atom stereocenters. The Morgan fingerprint density at radius 1 is 0.457 bits per heavy atom. The summed E-state index contributed by atoms with van der Waals surface area (Å²) in [7, 11) is 0. The SMILES string of the molecule is C1=CC2=CC(c3ccc(-c4c5ccccc5c(-c5ccc6oc7cc8ccccc8cc7c6c5)c5ccccc45)cc3)=CC2C=C1. The van der Waals surface area contributed by atoms with Gasteiger partial charge in [0.05, 0.1) is 0 Å². The Morgan fingerprint density at radius 3 is 1.74 bits per heavy atom. The summed E-state index contributed by atoms with van der Waals surface area (Å²) in [5, 5.41) is 9.74. The van der Waals surface area contributed by atoms with Crippen molar-refractivity contribution in [3.63, 3.8) is 0 Å². The van der Waals surface area contributed by atoms with Gasteiger partial charge in [0, 0.05) is 16.7 Å². The molecular weight excluding hydrogens is 556 g/mol. The lowest BCUT2D eigenvalue weighted by atomic mass is 9.85. The van der Waals surface area contributed by atoms with E-state index in [-0.39, 0.29) is 0 Å². The Balaban J connectivity index is 1.17. The summed E-state index contributed by atoms with van der Waals surface area (Å²) >= 11 is 0. The van der Waals surface area contributed by atoms with Gasteiger partial charge in [-0.25, -0.2) is 0 Å². The summed E-state index contributed by atoms with van der Waals surface area (Å²) < 4.78 is 6.36. The summed E-state index contributed by atoms with van der Waals surface area (Å²) in [6, 6.07) is 46.5. The molecule has 1 nitrogen and oxygen atoms in total. The van der Waals surface area contributed by atoms with E-state index in [1.54, 1.807) is 0 Å². The highest BCUT2D eigenvalue weighted by Gasteiger charge is 2.20. The minimum atomic E-state index is 0.388. The average Bonchev–Trinajstić information content (AvgIpc) is 3.71. The van der Waals surface area contributed by atoms with E-state index in [9.17, 15) is 0 Å². The molecule has 2 aliphatic rings. The molecule has 0 saturated heterocycles. The first-order valence-electron chi connectivity index (χ1n) is 16.0. The third-order valence-corrected chi connectivity index (χ3v) is 9.85. The van der Waals surface area contributed by atoms with Crippen molar-refractivity contribution in [1.82, 2.24) is 0 Å². The molecule has 7 aromatic carbocycles. The molecule has 0 N–H and O–H groups in total. The number of allylic oxidation sites excluding steroid dienone is 8. The van der Waals surface area contributed by atoms with Crippen LogP contribution < -0.4 is 0 Å². The van der Waals surface area contributed by atoms with E-state index in [4.69, 9.17) is 4.42 Å². The predicted molar refractivity (Wildman–Crippen MR) is 195 cm³/mol. The molecular formula is C45H28O. The number of furan rings is 1. The molecule has 0 radical (unpaired) electrons. The van der Waals surface area contributed by atoms with Crippen LogP contribution in [-0.2, 0) is 0 Å². The number of fused-ring (bicyclic) bond motifs is 7. The lowest BCUT2D eigenvalue weighted by molar-refractivity contribution is 0.669. The van der Waals surface area contributed by atoms with Gasteiger partial charge in [0.25, 0.3) is 0 Å². The molecule has 1 unspecified atom stereocenters. The predicted octanol–water partition coefficient (Wildman–Crippen LogP) is 12.4. The molecule has 0 fully saturated rings. The molecule has 1 heteroatoms. The van der Waals surface area contributed by atoms with Crippen LogP contribution in [0.5, 0.6) is 0 Å². The third-order valence-electron chi connectivity index (χ3n) is 9.85. The van der Waals surface area contributed by atoms with Gasteiger partial charge in [-0.3, -0.25) is 0 Å². The van der Waals surface area contributed by atoms with E-state index in [1.165, 1.54) is 71.3 Å². The zero-order valence-electron chi connectivity index (χ0n) is 25.1. The second-order valence-corrected chi connectivity index (χ2v) is 12.5. The normalized spacial score (nSPS) is 15.7. The first-order chi connectivity index (χ1) is 22.8. The van der Waals surface area contributed by atoms with Crippen LogP contribution in [0.2, 0.25) is 0 Å². The van der Waals surface area contributed by atoms with Gasteiger partial charge in [0.2, 0.25) is 0 Å². The van der Waals surface area contributed by atoms with Crippen molar-refractivity contribution in [2.45, 2.75) is 0 Å². The first kappa shape index (κ1) is 25.4. The van der Waals surface area contributed by atoms with Crippen LogP contribution in [-0.4, -0.2) is 0 Å². The molecule has 10 rings (SSSR count). The summed E-state index contributed by atoms with van der Waals surface area (Å²) in [5.74, 6) is 0.388. The van der Waals surface area contributed by atoms with E-state index in [1.807, 2.05) is 0 Å². The van der Waals surface area contributed by atoms with Crippen LogP contribution in [0.4, 0.5) is 0 Å². The van der Waals surface area contributed by atoms with E-state index >= 15 is 0 Å². The summed E-state index contributed by atoms with van der Waals surface area (Å²) in [6.07, 6.45) is 13.4. The van der Waals surface area contributed by atoms with Crippen molar-refractivity contribution in [3.05, 3.63) is 175 Å². The first-order valence-corrected chi connectivity index (χ1v) is 16.0. The van der Waals surface area contributed by atoms with Gasteiger partial charge in [0.15, 0.2) is 0 Å². The van der Waals surface area contributed by atoms with Crippen molar-refractivity contribution < 1.29 is 4.42 Å². The molecule has 46 heavy (non-hydrogen) atoms. The van der Waals surface area contributed by atoms with Gasteiger partial charge >= 0.3 is 0 Å². The molecule has 0 spiro atoms. The summed E-state index contributed by atoms with van der Waals surface area (Å²) in [4.78, 5) is 0. The molecule has 0 saturated carbocycles. The van der Waals surface area contributed by atoms with Crippen LogP contribution in [0.1, 0.15) is 5.56 Å². The average molecular weight is 585 g/mol. The van der Waals surface area contributed by atoms with Crippen molar-refractivity contribution >= 4 is 59.8 Å².